The molecule has 2 aromatic rings. The number of hydrogen-bond donors (Lipinski definition) is 1. The molecule has 4 nitrogen and oxygen atoms in total. The van der Waals surface area contributed by atoms with Crippen molar-refractivity contribution in [3.05, 3.63) is 63.1 Å². The Hall–Kier alpha value is -1.75. The highest BCUT2D eigenvalue weighted by Crippen LogP contribution is 2.35. The Morgan fingerprint density at radius 3 is 2.68 bits per heavy atom. The van der Waals surface area contributed by atoms with Crippen LogP contribution in [0.1, 0.15) is 12.0 Å². The van der Waals surface area contributed by atoms with Crippen LogP contribution < -0.4 is 10.2 Å². The van der Waals surface area contributed by atoms with Crippen molar-refractivity contribution in [1.29, 1.82) is 0 Å². The molecular formula is C18H15Cl3N2O2. The van der Waals surface area contributed by atoms with Gasteiger partial charge >= 0.3 is 0 Å². The largest absolute Gasteiger partial charge is 0.352 e. The van der Waals surface area contributed by atoms with E-state index in [-0.39, 0.29) is 24.8 Å². The molecule has 0 aliphatic carbocycles. The van der Waals surface area contributed by atoms with E-state index in [2.05, 4.69) is 5.32 Å². The molecule has 7 heteroatoms. The zero-order valence-corrected chi connectivity index (χ0v) is 15.4. The lowest BCUT2D eigenvalue weighted by atomic mass is 10.1. The third-order valence-corrected chi connectivity index (χ3v) is 5.12. The molecular weight excluding hydrogens is 383 g/mol. The number of carbonyl (C=O) groups is 2. The molecule has 0 unspecified atom stereocenters. The van der Waals surface area contributed by atoms with Crippen molar-refractivity contribution >= 4 is 52.3 Å². The number of halogens is 3. The Balaban J connectivity index is 1.65. The van der Waals surface area contributed by atoms with Gasteiger partial charge in [0.05, 0.1) is 21.7 Å². The molecule has 0 saturated carbocycles. The molecule has 1 fully saturated rings. The molecule has 0 radical (unpaired) electrons. The van der Waals surface area contributed by atoms with Crippen LogP contribution in [0, 0.1) is 5.92 Å². The quantitative estimate of drug-likeness (QED) is 0.835. The maximum absolute atomic E-state index is 12.4. The highest BCUT2D eigenvalue weighted by atomic mass is 35.5. The van der Waals surface area contributed by atoms with Crippen molar-refractivity contribution in [2.24, 2.45) is 5.92 Å². The zero-order chi connectivity index (χ0) is 18.0. The van der Waals surface area contributed by atoms with Crippen LogP contribution in [-0.4, -0.2) is 18.4 Å². The van der Waals surface area contributed by atoms with E-state index < -0.39 is 5.92 Å². The van der Waals surface area contributed by atoms with E-state index in [0.717, 1.165) is 5.56 Å². The molecule has 2 aromatic carbocycles. The van der Waals surface area contributed by atoms with Crippen LogP contribution in [0.4, 0.5) is 5.69 Å². The molecule has 0 aromatic heterocycles. The molecule has 25 heavy (non-hydrogen) atoms. The molecule has 1 N–H and O–H groups in total. The van der Waals surface area contributed by atoms with Gasteiger partial charge in [0.25, 0.3) is 0 Å². The van der Waals surface area contributed by atoms with Gasteiger partial charge in [-0.15, -0.1) is 0 Å². The van der Waals surface area contributed by atoms with E-state index in [4.69, 9.17) is 34.8 Å². The predicted octanol–water partition coefficient (Wildman–Crippen LogP) is 4.32. The van der Waals surface area contributed by atoms with Crippen LogP contribution in [-0.2, 0) is 16.1 Å². The van der Waals surface area contributed by atoms with Crippen molar-refractivity contribution in [2.45, 2.75) is 13.0 Å². The van der Waals surface area contributed by atoms with Crippen LogP contribution in [0.3, 0.4) is 0 Å². The highest BCUT2D eigenvalue weighted by Gasteiger charge is 2.36. The smallest absolute Gasteiger partial charge is 0.227 e. The van der Waals surface area contributed by atoms with Crippen LogP contribution in [0.25, 0.3) is 0 Å². The summed E-state index contributed by atoms with van der Waals surface area (Å²) in [6.07, 6.45) is 0.143. The van der Waals surface area contributed by atoms with Crippen molar-refractivity contribution in [1.82, 2.24) is 5.32 Å². The fourth-order valence-electron chi connectivity index (χ4n) is 2.80. The van der Waals surface area contributed by atoms with Crippen LogP contribution in [0.5, 0.6) is 0 Å². The summed E-state index contributed by atoms with van der Waals surface area (Å²) in [5.74, 6) is -0.747. The van der Waals surface area contributed by atoms with Gasteiger partial charge in [0.15, 0.2) is 0 Å². The van der Waals surface area contributed by atoms with Crippen LogP contribution in [0.2, 0.25) is 15.1 Å². The summed E-state index contributed by atoms with van der Waals surface area (Å²) in [6, 6.07) is 12.4. The molecule has 2 amide bonds. The lowest BCUT2D eigenvalue weighted by Gasteiger charge is -2.18. The lowest BCUT2D eigenvalue weighted by molar-refractivity contribution is -0.126. The number of rotatable bonds is 4. The number of carbonyl (C=O) groups excluding carboxylic acids is 2. The number of amides is 2. The Bertz CT molecular complexity index is 826. The van der Waals surface area contributed by atoms with Crippen molar-refractivity contribution in [3.63, 3.8) is 0 Å². The third-order valence-electron chi connectivity index (χ3n) is 4.07. The van der Waals surface area contributed by atoms with Gasteiger partial charge in [-0.25, -0.2) is 0 Å². The summed E-state index contributed by atoms with van der Waals surface area (Å²) >= 11 is 18.1. The number of benzene rings is 2. The maximum atomic E-state index is 12.4. The van der Waals surface area contributed by atoms with E-state index in [1.54, 1.807) is 30.3 Å². The van der Waals surface area contributed by atoms with E-state index in [1.165, 1.54) is 4.90 Å². The van der Waals surface area contributed by atoms with Crippen molar-refractivity contribution in [3.8, 4) is 0 Å². The molecule has 1 aliphatic rings. The SMILES string of the molecule is O=C(NCc1cccc(Cl)c1)[C@@H]1CC(=O)N(c2cccc(Cl)c2Cl)C1. The van der Waals surface area contributed by atoms with Gasteiger partial charge in [-0.2, -0.15) is 0 Å². The Morgan fingerprint density at radius 2 is 1.92 bits per heavy atom. The summed E-state index contributed by atoms with van der Waals surface area (Å²) < 4.78 is 0. The van der Waals surface area contributed by atoms with E-state index in [1.807, 2.05) is 12.1 Å². The Kier molecular flexibility index (Phi) is 5.52. The molecule has 0 spiro atoms. The van der Waals surface area contributed by atoms with Gasteiger partial charge in [-0.3, -0.25) is 9.59 Å². The molecule has 1 heterocycles. The first kappa shape index (κ1) is 18.1. The molecule has 3 rings (SSSR count). The van der Waals surface area contributed by atoms with Gasteiger partial charge in [0, 0.05) is 24.5 Å². The summed E-state index contributed by atoms with van der Waals surface area (Å²) in [7, 11) is 0. The second kappa shape index (κ2) is 7.65. The number of anilines is 1. The van der Waals surface area contributed by atoms with Crippen molar-refractivity contribution < 1.29 is 9.59 Å². The number of nitrogens with one attached hydrogen (secondary N) is 1. The first-order valence-corrected chi connectivity index (χ1v) is 8.85. The molecule has 0 bridgehead atoms. The molecule has 1 atom stereocenters. The zero-order valence-electron chi connectivity index (χ0n) is 13.1. The van der Waals surface area contributed by atoms with E-state index in [9.17, 15) is 9.59 Å². The van der Waals surface area contributed by atoms with Crippen LogP contribution >= 0.6 is 34.8 Å². The van der Waals surface area contributed by atoms with Gasteiger partial charge in [0.2, 0.25) is 11.8 Å². The van der Waals surface area contributed by atoms with Crippen molar-refractivity contribution in [2.75, 3.05) is 11.4 Å². The van der Waals surface area contributed by atoms with E-state index >= 15 is 0 Å². The maximum Gasteiger partial charge on any atom is 0.227 e. The fraction of sp³-hybridized carbons (Fsp3) is 0.222. The Labute approximate surface area is 160 Å². The second-order valence-electron chi connectivity index (χ2n) is 5.83. The summed E-state index contributed by atoms with van der Waals surface area (Å²) in [5, 5.41) is 4.16. The normalized spacial score (nSPS) is 17.0. The second-order valence-corrected chi connectivity index (χ2v) is 7.05. The highest BCUT2D eigenvalue weighted by molar-refractivity contribution is 6.44. The first-order chi connectivity index (χ1) is 12.0. The number of hydrogen-bond acceptors (Lipinski definition) is 2. The van der Waals surface area contributed by atoms with Gasteiger partial charge < -0.3 is 10.2 Å². The topological polar surface area (TPSA) is 49.4 Å². The summed E-state index contributed by atoms with van der Waals surface area (Å²) in [5.41, 5.74) is 1.43. The summed E-state index contributed by atoms with van der Waals surface area (Å²) in [6.45, 7) is 0.641. The number of nitrogens with zero attached hydrogens (tertiary/aromatic N) is 1. The van der Waals surface area contributed by atoms with Gasteiger partial charge in [0.1, 0.15) is 0 Å². The third kappa shape index (κ3) is 4.09. The minimum atomic E-state index is -0.429. The fourth-order valence-corrected chi connectivity index (χ4v) is 3.41. The predicted molar refractivity (Wildman–Crippen MR) is 100 cm³/mol. The van der Waals surface area contributed by atoms with Gasteiger partial charge in [-0.1, -0.05) is 53.0 Å². The van der Waals surface area contributed by atoms with Gasteiger partial charge in [-0.05, 0) is 29.8 Å². The lowest BCUT2D eigenvalue weighted by Crippen LogP contribution is -2.32. The summed E-state index contributed by atoms with van der Waals surface area (Å²) in [4.78, 5) is 26.2. The molecule has 130 valence electrons. The Morgan fingerprint density at radius 1 is 1.16 bits per heavy atom. The average molecular weight is 398 g/mol. The van der Waals surface area contributed by atoms with E-state index in [0.29, 0.717) is 27.3 Å². The minimum absolute atomic E-state index is 0.143. The first-order valence-electron chi connectivity index (χ1n) is 7.72. The molecule has 1 aliphatic heterocycles. The molecule has 1 saturated heterocycles. The monoisotopic (exact) mass is 396 g/mol. The standard InChI is InChI=1S/C18H15Cl3N2O2/c19-13-4-1-3-11(7-13)9-22-18(25)12-8-16(24)23(10-12)15-6-2-5-14(20)17(15)21/h1-7,12H,8-10H2,(H,22,25)/t12-/m1/s1. The van der Waals surface area contributed by atoms with Crippen LogP contribution in [0.15, 0.2) is 42.5 Å². The average Bonchev–Trinajstić information content (AvgIpc) is 2.97. The minimum Gasteiger partial charge on any atom is -0.352 e.